The number of likely N-dealkylation sites (tertiary alicyclic amines) is 1. The Morgan fingerprint density at radius 3 is 2.54 bits per heavy atom. The van der Waals surface area contributed by atoms with Gasteiger partial charge in [0.1, 0.15) is 12.1 Å². The molecule has 4 rings (SSSR count). The van der Waals surface area contributed by atoms with Crippen LogP contribution >= 0.6 is 11.6 Å². The number of nitrogens with one attached hydrogen (secondary N) is 3. The Bertz CT molecular complexity index is 996. The summed E-state index contributed by atoms with van der Waals surface area (Å²) in [6.07, 6.45) is 4.24. The number of hydrogen-bond donors (Lipinski definition) is 3. The second kappa shape index (κ2) is 11.9. The van der Waals surface area contributed by atoms with Gasteiger partial charge < -0.3 is 15.5 Å². The molecule has 0 unspecified atom stereocenters. The molecule has 4 aliphatic rings. The lowest BCUT2D eigenvalue weighted by Crippen LogP contribution is -2.60. The molecule has 2 saturated heterocycles. The summed E-state index contributed by atoms with van der Waals surface area (Å²) in [7, 11) is 0. The number of fused-ring (bicyclic) bond motifs is 1. The first-order valence-electron chi connectivity index (χ1n) is 13.9. The number of carbonyl (C=O) groups is 5. The van der Waals surface area contributed by atoms with Crippen molar-refractivity contribution >= 4 is 41.1 Å². The van der Waals surface area contributed by atoms with Crippen LogP contribution in [-0.2, 0) is 24.0 Å². The van der Waals surface area contributed by atoms with Gasteiger partial charge in [-0.2, -0.15) is 0 Å². The molecule has 0 aromatic rings. The molecule has 5 amide bonds. The highest BCUT2D eigenvalue weighted by Crippen LogP contribution is 2.43. The van der Waals surface area contributed by atoms with Crippen LogP contribution in [-0.4, -0.2) is 82.5 Å². The van der Waals surface area contributed by atoms with E-state index < -0.39 is 52.9 Å². The van der Waals surface area contributed by atoms with Gasteiger partial charge in [0.05, 0.1) is 12.5 Å². The summed E-state index contributed by atoms with van der Waals surface area (Å²) in [6, 6.07) is -2.00. The number of alkyl halides is 3. The first-order valence-corrected chi connectivity index (χ1v) is 14.4. The Balaban J connectivity index is 1.55. The van der Waals surface area contributed by atoms with Gasteiger partial charge in [-0.15, -0.1) is 0 Å². The molecular weight excluding hydrogens is 536 g/mol. The maximum atomic E-state index is 14.5. The monoisotopic (exact) mass is 573 g/mol. The Hall–Kier alpha value is -2.50. The fourth-order valence-corrected chi connectivity index (χ4v) is 6.19. The molecule has 0 bridgehead atoms. The maximum Gasteiger partial charge on any atom is 0.291 e. The van der Waals surface area contributed by atoms with E-state index in [1.54, 1.807) is 6.92 Å². The lowest BCUT2D eigenvalue weighted by molar-refractivity contribution is -0.150. The van der Waals surface area contributed by atoms with E-state index in [4.69, 9.17) is 11.6 Å². The maximum absolute atomic E-state index is 14.5. The fourth-order valence-electron chi connectivity index (χ4n) is 6.08. The summed E-state index contributed by atoms with van der Waals surface area (Å²) in [6.45, 7) is 4.15. The lowest BCUT2D eigenvalue weighted by Gasteiger charge is -2.35. The van der Waals surface area contributed by atoms with Crippen molar-refractivity contribution < 1.29 is 32.8 Å². The Morgan fingerprint density at radius 1 is 1.21 bits per heavy atom. The molecule has 2 aliphatic carbocycles. The third-order valence-corrected chi connectivity index (χ3v) is 8.99. The molecule has 2 aliphatic heterocycles. The minimum absolute atomic E-state index is 0.0455. The van der Waals surface area contributed by atoms with Crippen molar-refractivity contribution in [2.24, 2.45) is 23.7 Å². The number of nitrogens with zero attached hydrogens (tertiary/aromatic N) is 2. The topological polar surface area (TPSA) is 128 Å². The van der Waals surface area contributed by atoms with Crippen LogP contribution in [0.15, 0.2) is 0 Å². The van der Waals surface area contributed by atoms with Crippen LogP contribution < -0.4 is 16.1 Å². The van der Waals surface area contributed by atoms with Crippen molar-refractivity contribution in [2.45, 2.75) is 88.6 Å². The van der Waals surface area contributed by atoms with Gasteiger partial charge in [-0.05, 0) is 56.3 Å². The first kappa shape index (κ1) is 29.5. The van der Waals surface area contributed by atoms with Crippen LogP contribution in [0, 0.1) is 23.7 Å². The minimum atomic E-state index is -2.43. The molecule has 3 N–H and O–H groups in total. The van der Waals surface area contributed by atoms with Crippen LogP contribution in [0.4, 0.5) is 8.78 Å². The highest BCUT2D eigenvalue weighted by Gasteiger charge is 2.54. The van der Waals surface area contributed by atoms with Crippen molar-refractivity contribution in [3.8, 4) is 0 Å². The molecule has 4 fully saturated rings. The number of piperidine rings is 1. The number of carbonyl (C=O) groups excluding carboxylic acids is 5. The average molecular weight is 574 g/mol. The zero-order valence-electron chi connectivity index (χ0n) is 22.4. The predicted molar refractivity (Wildman–Crippen MR) is 137 cm³/mol. The molecule has 0 aromatic heterocycles. The SMILES string of the molecule is CC[C@H](C)[C@H](NC(=O)C1(F)CC1)C(=O)N1C[C@@H]2CCC[C@@H]2[C@H]1C(=O)NN(C[C@@H]1CCCNC1=O)C(=O)[C@H](F)Cl. The molecule has 39 heavy (non-hydrogen) atoms. The second-order valence-electron chi connectivity index (χ2n) is 11.4. The molecule has 218 valence electrons. The van der Waals surface area contributed by atoms with Crippen molar-refractivity contribution in [3.05, 3.63) is 0 Å². The summed E-state index contributed by atoms with van der Waals surface area (Å²) in [5, 5.41) is 6.03. The van der Waals surface area contributed by atoms with E-state index >= 15 is 0 Å². The van der Waals surface area contributed by atoms with Gasteiger partial charge in [-0.3, -0.25) is 29.4 Å². The molecular formula is C26H38ClF2N5O5. The summed E-state index contributed by atoms with van der Waals surface area (Å²) in [5.41, 5.74) is -1.93. The third kappa shape index (κ3) is 6.30. The van der Waals surface area contributed by atoms with E-state index in [1.807, 2.05) is 6.92 Å². The number of halogens is 3. The zero-order chi connectivity index (χ0) is 28.5. The van der Waals surface area contributed by atoms with Crippen LogP contribution in [0.2, 0.25) is 0 Å². The van der Waals surface area contributed by atoms with E-state index in [2.05, 4.69) is 16.1 Å². The number of hydrazine groups is 1. The Morgan fingerprint density at radius 2 is 1.92 bits per heavy atom. The average Bonchev–Trinajstić information content (AvgIpc) is 3.33. The molecule has 7 atom stereocenters. The molecule has 0 spiro atoms. The summed E-state index contributed by atoms with van der Waals surface area (Å²) >= 11 is 5.43. The van der Waals surface area contributed by atoms with Gasteiger partial charge in [-0.25, -0.2) is 13.8 Å². The van der Waals surface area contributed by atoms with Crippen molar-refractivity contribution in [1.82, 2.24) is 26.0 Å². The van der Waals surface area contributed by atoms with Crippen molar-refractivity contribution in [1.29, 1.82) is 0 Å². The molecule has 0 aromatic carbocycles. The van der Waals surface area contributed by atoms with Gasteiger partial charge in [0.2, 0.25) is 11.8 Å². The number of hydrogen-bond acceptors (Lipinski definition) is 5. The standard InChI is InChI=1S/C26H38ClF2N5O5/c1-3-14(2)18(31-25(39)26(29)9-10-26)23(37)33-12-15-6-4-8-17(15)19(33)22(36)32-34(24(38)20(27)28)13-16-7-5-11-30-21(16)35/h14-20H,3-13H2,1-2H3,(H,30,35)(H,31,39)(H,32,36)/t14-,15-,16-,17-,18-,19-,20-/m0/s1. The smallest absolute Gasteiger partial charge is 0.291 e. The van der Waals surface area contributed by atoms with Gasteiger partial charge in [0.15, 0.2) is 5.67 Å². The number of amides is 5. The second-order valence-corrected chi connectivity index (χ2v) is 11.8. The third-order valence-electron chi connectivity index (χ3n) is 8.80. The van der Waals surface area contributed by atoms with Crippen molar-refractivity contribution in [2.75, 3.05) is 19.6 Å². The minimum Gasteiger partial charge on any atom is -0.356 e. The first-order chi connectivity index (χ1) is 18.5. The zero-order valence-corrected chi connectivity index (χ0v) is 23.1. The van der Waals surface area contributed by atoms with Crippen LogP contribution in [0.3, 0.4) is 0 Å². The van der Waals surface area contributed by atoms with Gasteiger partial charge in [0, 0.05) is 13.1 Å². The molecule has 2 saturated carbocycles. The predicted octanol–water partition coefficient (Wildman–Crippen LogP) is 1.57. The number of rotatable bonds is 9. The van der Waals surface area contributed by atoms with Crippen LogP contribution in [0.5, 0.6) is 0 Å². The van der Waals surface area contributed by atoms with E-state index in [0.717, 1.165) is 17.9 Å². The van der Waals surface area contributed by atoms with E-state index in [1.165, 1.54) is 4.90 Å². The normalized spacial score (nSPS) is 29.5. The highest BCUT2D eigenvalue weighted by molar-refractivity contribution is 6.29. The molecule has 2 heterocycles. The van der Waals surface area contributed by atoms with E-state index in [9.17, 15) is 32.8 Å². The van der Waals surface area contributed by atoms with Crippen LogP contribution in [0.1, 0.15) is 65.2 Å². The van der Waals surface area contributed by atoms with Gasteiger partial charge >= 0.3 is 0 Å². The molecule has 0 radical (unpaired) electrons. The van der Waals surface area contributed by atoms with E-state index in [-0.39, 0.29) is 49.6 Å². The van der Waals surface area contributed by atoms with Gasteiger partial charge in [0.25, 0.3) is 23.4 Å². The largest absolute Gasteiger partial charge is 0.356 e. The van der Waals surface area contributed by atoms with E-state index in [0.29, 0.717) is 32.2 Å². The quantitative estimate of drug-likeness (QED) is 0.285. The summed E-state index contributed by atoms with van der Waals surface area (Å²) in [5.74, 6) is -4.61. The van der Waals surface area contributed by atoms with Crippen LogP contribution in [0.25, 0.3) is 0 Å². The molecule has 13 heteroatoms. The highest BCUT2D eigenvalue weighted by atomic mass is 35.5. The fraction of sp³-hybridized carbons (Fsp3) is 0.808. The Kier molecular flexibility index (Phi) is 9.02. The lowest BCUT2D eigenvalue weighted by atomic mass is 9.93. The summed E-state index contributed by atoms with van der Waals surface area (Å²) < 4.78 is 28.3. The Labute approximate surface area is 231 Å². The summed E-state index contributed by atoms with van der Waals surface area (Å²) in [4.78, 5) is 66.4. The van der Waals surface area contributed by atoms with Crippen molar-refractivity contribution in [3.63, 3.8) is 0 Å². The molecule has 10 nitrogen and oxygen atoms in total. The van der Waals surface area contributed by atoms with Gasteiger partial charge in [-0.1, -0.05) is 38.3 Å².